The first kappa shape index (κ1) is 30.5. The summed E-state index contributed by atoms with van der Waals surface area (Å²) in [6, 6.07) is 33.6. The van der Waals surface area contributed by atoms with Crippen molar-refractivity contribution in [3.63, 3.8) is 0 Å². The molecular weight excluding hydrogens is 599 g/mol. The maximum Gasteiger partial charge on any atom is 0.163 e. The van der Waals surface area contributed by atoms with Crippen molar-refractivity contribution in [1.82, 2.24) is 24.9 Å². The van der Waals surface area contributed by atoms with Crippen molar-refractivity contribution >= 4 is 27.9 Å². The van der Waals surface area contributed by atoms with Crippen LogP contribution in [0.15, 0.2) is 152 Å². The van der Waals surface area contributed by atoms with Crippen LogP contribution in [0.4, 0.5) is 0 Å². The van der Waals surface area contributed by atoms with Crippen molar-refractivity contribution in [3.05, 3.63) is 192 Å². The highest BCUT2D eigenvalue weighted by atomic mass is 15.0. The minimum absolute atomic E-state index is 0.104. The van der Waals surface area contributed by atoms with Gasteiger partial charge in [-0.2, -0.15) is 0 Å². The SMILES string of the molecule is C=C1C=C(c2nc(C3=CC(c4ccccn4)=CCC3)nc(C3CC(c4ccccc4)=CC(c4ccccc4)C3)n2)C=C(c2ccccn2)C1. The van der Waals surface area contributed by atoms with Crippen LogP contribution < -0.4 is 0 Å². The van der Waals surface area contributed by atoms with E-state index in [9.17, 15) is 0 Å². The van der Waals surface area contributed by atoms with Gasteiger partial charge in [-0.3, -0.25) is 9.97 Å². The van der Waals surface area contributed by atoms with Gasteiger partial charge in [0.2, 0.25) is 0 Å². The second-order valence-corrected chi connectivity index (χ2v) is 13.0. The van der Waals surface area contributed by atoms with Crippen LogP contribution in [0.5, 0.6) is 0 Å². The summed E-state index contributed by atoms with van der Waals surface area (Å²) < 4.78 is 0. The molecule has 238 valence electrons. The standard InChI is InChI=1S/C44H37N5/c1-30-23-37(41-20-9-11-22-46-41)29-38(24-30)43-47-42(34-18-12-17-33(25-34)40-19-8-10-21-45-40)48-44(49-43)39-27-35(31-13-4-2-5-14-31)26-36(28-39)32-15-6-3-7-16-32/h2-11,13-17,19-22,24-26,29,35,39H,1,12,18,23,27-28H2. The molecule has 2 atom stereocenters. The zero-order chi connectivity index (χ0) is 33.0. The van der Waals surface area contributed by atoms with E-state index in [0.717, 1.165) is 83.0 Å². The molecule has 0 N–H and O–H groups in total. The number of rotatable bonds is 7. The van der Waals surface area contributed by atoms with Gasteiger partial charge in [0.1, 0.15) is 5.82 Å². The van der Waals surface area contributed by atoms with Gasteiger partial charge in [-0.15, -0.1) is 0 Å². The molecule has 2 aromatic carbocycles. The lowest BCUT2D eigenvalue weighted by Crippen LogP contribution is -2.17. The molecule has 5 aromatic rings. The van der Waals surface area contributed by atoms with Gasteiger partial charge in [0, 0.05) is 29.8 Å². The van der Waals surface area contributed by atoms with Crippen molar-refractivity contribution in [1.29, 1.82) is 0 Å². The molecule has 0 aliphatic heterocycles. The van der Waals surface area contributed by atoms with Crippen LogP contribution in [-0.2, 0) is 0 Å². The lowest BCUT2D eigenvalue weighted by Gasteiger charge is -2.29. The molecule has 0 radical (unpaired) electrons. The van der Waals surface area contributed by atoms with Crippen molar-refractivity contribution in [2.45, 2.75) is 43.9 Å². The van der Waals surface area contributed by atoms with Crippen LogP contribution >= 0.6 is 0 Å². The van der Waals surface area contributed by atoms with E-state index in [1.807, 2.05) is 42.7 Å². The van der Waals surface area contributed by atoms with E-state index < -0.39 is 0 Å². The van der Waals surface area contributed by atoms with E-state index >= 15 is 0 Å². The maximum atomic E-state index is 5.31. The molecule has 3 aromatic heterocycles. The van der Waals surface area contributed by atoms with Gasteiger partial charge in [-0.05, 0) is 108 Å². The molecule has 0 fully saturated rings. The first-order valence-electron chi connectivity index (χ1n) is 17.1. The highest BCUT2D eigenvalue weighted by molar-refractivity contribution is 5.87. The molecule has 0 saturated carbocycles. The van der Waals surface area contributed by atoms with E-state index in [1.165, 1.54) is 16.7 Å². The van der Waals surface area contributed by atoms with Crippen molar-refractivity contribution < 1.29 is 0 Å². The Morgan fingerprint density at radius 3 is 2.06 bits per heavy atom. The van der Waals surface area contributed by atoms with Crippen molar-refractivity contribution in [3.8, 4) is 0 Å². The van der Waals surface area contributed by atoms with Crippen LogP contribution in [0.25, 0.3) is 27.9 Å². The zero-order valence-electron chi connectivity index (χ0n) is 27.4. The number of nitrogens with zero attached hydrogens (tertiary/aromatic N) is 5. The van der Waals surface area contributed by atoms with Gasteiger partial charge in [-0.1, -0.05) is 97.1 Å². The molecule has 0 bridgehead atoms. The van der Waals surface area contributed by atoms with Crippen LogP contribution in [0.2, 0.25) is 0 Å². The van der Waals surface area contributed by atoms with E-state index in [2.05, 4.69) is 114 Å². The maximum absolute atomic E-state index is 5.31. The Hall–Kier alpha value is -5.81. The third-order valence-corrected chi connectivity index (χ3v) is 9.51. The van der Waals surface area contributed by atoms with E-state index in [1.54, 1.807) is 0 Å². The van der Waals surface area contributed by atoms with Gasteiger partial charge in [-0.25, -0.2) is 15.0 Å². The minimum Gasteiger partial charge on any atom is -0.257 e. The highest BCUT2D eigenvalue weighted by Crippen LogP contribution is 2.43. The predicted octanol–water partition coefficient (Wildman–Crippen LogP) is 10.1. The van der Waals surface area contributed by atoms with Crippen LogP contribution in [0.3, 0.4) is 0 Å². The average Bonchev–Trinajstić information content (AvgIpc) is 3.19. The Morgan fingerprint density at radius 2 is 1.31 bits per heavy atom. The Labute approximate surface area is 288 Å². The summed E-state index contributed by atoms with van der Waals surface area (Å²) in [6.07, 6.45) is 19.2. The third kappa shape index (κ3) is 6.79. The van der Waals surface area contributed by atoms with E-state index in [4.69, 9.17) is 15.0 Å². The number of benzene rings is 2. The lowest BCUT2D eigenvalue weighted by atomic mass is 9.77. The molecule has 3 aliphatic carbocycles. The fourth-order valence-electron chi connectivity index (χ4n) is 7.11. The summed E-state index contributed by atoms with van der Waals surface area (Å²) in [5.74, 6) is 2.60. The second-order valence-electron chi connectivity index (χ2n) is 13.0. The summed E-state index contributed by atoms with van der Waals surface area (Å²) in [5, 5.41) is 0. The first-order chi connectivity index (χ1) is 24.2. The molecule has 0 spiro atoms. The Kier molecular flexibility index (Phi) is 8.55. The van der Waals surface area contributed by atoms with Crippen LogP contribution in [0.1, 0.15) is 83.9 Å². The van der Waals surface area contributed by atoms with Crippen molar-refractivity contribution in [2.75, 3.05) is 0 Å². The molecular formula is C44H37N5. The number of hydrogen-bond donors (Lipinski definition) is 0. The number of pyridine rings is 2. The van der Waals surface area contributed by atoms with Crippen LogP contribution in [0, 0.1) is 0 Å². The topological polar surface area (TPSA) is 64.5 Å². The Bertz CT molecular complexity index is 2140. The average molecular weight is 636 g/mol. The van der Waals surface area contributed by atoms with E-state index in [0.29, 0.717) is 5.82 Å². The molecule has 8 rings (SSSR count). The third-order valence-electron chi connectivity index (χ3n) is 9.51. The zero-order valence-corrected chi connectivity index (χ0v) is 27.4. The first-order valence-corrected chi connectivity index (χ1v) is 17.1. The summed E-state index contributed by atoms with van der Waals surface area (Å²) in [5.41, 5.74) is 11.0. The van der Waals surface area contributed by atoms with Crippen LogP contribution in [-0.4, -0.2) is 24.9 Å². The molecule has 3 heterocycles. The normalized spacial score (nSPS) is 19.3. The number of allylic oxidation sites excluding steroid dienone is 11. The summed E-state index contributed by atoms with van der Waals surface area (Å²) in [7, 11) is 0. The predicted molar refractivity (Wildman–Crippen MR) is 199 cm³/mol. The quantitative estimate of drug-likeness (QED) is 0.178. The monoisotopic (exact) mass is 635 g/mol. The van der Waals surface area contributed by atoms with Gasteiger partial charge in [0.15, 0.2) is 11.6 Å². The molecule has 5 nitrogen and oxygen atoms in total. The number of hydrogen-bond acceptors (Lipinski definition) is 5. The fourth-order valence-corrected chi connectivity index (χ4v) is 7.11. The molecule has 0 amide bonds. The van der Waals surface area contributed by atoms with Gasteiger partial charge in [0.25, 0.3) is 0 Å². The fraction of sp³-hybridized carbons (Fsp3) is 0.159. The molecule has 2 unspecified atom stereocenters. The van der Waals surface area contributed by atoms with Crippen molar-refractivity contribution in [2.24, 2.45) is 0 Å². The summed E-state index contributed by atoms with van der Waals surface area (Å²) in [6.45, 7) is 4.37. The van der Waals surface area contributed by atoms with E-state index in [-0.39, 0.29) is 11.8 Å². The minimum atomic E-state index is 0.104. The van der Waals surface area contributed by atoms with Gasteiger partial charge >= 0.3 is 0 Å². The highest BCUT2D eigenvalue weighted by Gasteiger charge is 2.29. The number of aromatic nitrogens is 5. The largest absolute Gasteiger partial charge is 0.257 e. The van der Waals surface area contributed by atoms with Gasteiger partial charge < -0.3 is 0 Å². The lowest BCUT2D eigenvalue weighted by molar-refractivity contribution is 0.544. The smallest absolute Gasteiger partial charge is 0.163 e. The Morgan fingerprint density at radius 1 is 0.612 bits per heavy atom. The van der Waals surface area contributed by atoms with Gasteiger partial charge in [0.05, 0.1) is 11.4 Å². The molecule has 3 aliphatic rings. The second kappa shape index (κ2) is 13.7. The Balaban J connectivity index is 1.25. The molecule has 5 heteroatoms. The molecule has 0 saturated heterocycles. The summed E-state index contributed by atoms with van der Waals surface area (Å²) >= 11 is 0. The summed E-state index contributed by atoms with van der Waals surface area (Å²) in [4.78, 5) is 25.1. The molecule has 49 heavy (non-hydrogen) atoms.